The first-order chi connectivity index (χ1) is 14.0. The van der Waals surface area contributed by atoms with Crippen LogP contribution in [-0.4, -0.2) is 55.7 Å². The normalized spacial score (nSPS) is 28.9. The zero-order valence-corrected chi connectivity index (χ0v) is 16.7. The molecule has 4 rings (SSSR count). The predicted octanol–water partition coefficient (Wildman–Crippen LogP) is 2.98. The number of carbonyl (C=O) groups is 2. The maximum Gasteiger partial charge on any atom is 0.290 e. The molecule has 0 N–H and O–H groups in total. The Labute approximate surface area is 169 Å². The number of Topliss-reactive ketones (excluding diaryl/α,β-unsaturated/α-hetero) is 1. The van der Waals surface area contributed by atoms with Crippen molar-refractivity contribution in [2.75, 3.05) is 26.9 Å². The molecule has 1 aromatic carbocycles. The Kier molecular flexibility index (Phi) is 5.58. The number of fused-ring (bicyclic) bond motifs is 1. The lowest BCUT2D eigenvalue weighted by molar-refractivity contribution is -0.136. The number of amides is 1. The van der Waals surface area contributed by atoms with Gasteiger partial charge in [-0.25, -0.2) is 4.39 Å². The van der Waals surface area contributed by atoms with Crippen LogP contribution in [0.3, 0.4) is 0 Å². The first-order valence-electron chi connectivity index (χ1n) is 10.2. The Morgan fingerprint density at radius 3 is 2.86 bits per heavy atom. The third-order valence-corrected chi connectivity index (χ3v) is 5.90. The molecular weight excluding hydrogens is 377 g/mol. The van der Waals surface area contributed by atoms with Crippen LogP contribution in [0.1, 0.15) is 37.8 Å². The van der Waals surface area contributed by atoms with Crippen molar-refractivity contribution in [1.29, 1.82) is 0 Å². The molecule has 1 aromatic rings. The maximum absolute atomic E-state index is 14.0. The lowest BCUT2D eigenvalue weighted by Gasteiger charge is -2.36. The number of hydrogen-bond donors (Lipinski definition) is 0. The highest BCUT2D eigenvalue weighted by molar-refractivity contribution is 6.11. The molecule has 6 nitrogen and oxygen atoms in total. The Morgan fingerprint density at radius 2 is 2.10 bits per heavy atom. The minimum absolute atomic E-state index is 0.122. The predicted molar refractivity (Wildman–Crippen MR) is 103 cm³/mol. The quantitative estimate of drug-likeness (QED) is 0.731. The Balaban J connectivity index is 1.75. The molecule has 1 fully saturated rings. The molecule has 0 bridgehead atoms. The van der Waals surface area contributed by atoms with Gasteiger partial charge in [0.05, 0.1) is 30.7 Å². The lowest BCUT2D eigenvalue weighted by Crippen LogP contribution is -2.42. The number of rotatable bonds is 6. The zero-order chi connectivity index (χ0) is 20.5. The average Bonchev–Trinajstić information content (AvgIpc) is 3.00. The number of benzene rings is 1. The van der Waals surface area contributed by atoms with Gasteiger partial charge < -0.3 is 19.1 Å². The molecule has 4 unspecified atom stereocenters. The summed E-state index contributed by atoms with van der Waals surface area (Å²) in [4.78, 5) is 28.2. The topological polar surface area (TPSA) is 65.1 Å². The Morgan fingerprint density at radius 1 is 1.28 bits per heavy atom. The van der Waals surface area contributed by atoms with Crippen molar-refractivity contribution in [2.45, 2.75) is 44.5 Å². The number of ketones is 1. The van der Waals surface area contributed by atoms with Crippen molar-refractivity contribution in [3.8, 4) is 5.75 Å². The van der Waals surface area contributed by atoms with E-state index in [1.807, 2.05) is 31.2 Å². The minimum atomic E-state index is -1.01. The highest BCUT2D eigenvalue weighted by Crippen LogP contribution is 2.47. The van der Waals surface area contributed by atoms with Crippen molar-refractivity contribution in [3.63, 3.8) is 0 Å². The van der Waals surface area contributed by atoms with Gasteiger partial charge in [0.2, 0.25) is 0 Å². The van der Waals surface area contributed by atoms with Crippen LogP contribution in [0.2, 0.25) is 0 Å². The van der Waals surface area contributed by atoms with Crippen LogP contribution in [0.4, 0.5) is 4.39 Å². The van der Waals surface area contributed by atoms with Gasteiger partial charge in [-0.1, -0.05) is 12.1 Å². The maximum atomic E-state index is 14.0. The summed E-state index contributed by atoms with van der Waals surface area (Å²) >= 11 is 0. The highest BCUT2D eigenvalue weighted by Gasteiger charge is 2.52. The van der Waals surface area contributed by atoms with Gasteiger partial charge in [0.25, 0.3) is 5.91 Å². The minimum Gasteiger partial charge on any atom is -0.494 e. The summed E-state index contributed by atoms with van der Waals surface area (Å²) in [5.41, 5.74) is 1.11. The molecule has 0 saturated heterocycles. The van der Waals surface area contributed by atoms with E-state index >= 15 is 0 Å². The summed E-state index contributed by atoms with van der Waals surface area (Å²) in [6.45, 7) is 3.07. The van der Waals surface area contributed by atoms with Crippen LogP contribution in [0, 0.1) is 5.92 Å². The molecule has 7 heteroatoms. The number of carbonyl (C=O) groups excluding carboxylic acids is 2. The number of halogens is 1. The van der Waals surface area contributed by atoms with Crippen molar-refractivity contribution < 1.29 is 28.2 Å². The van der Waals surface area contributed by atoms with Gasteiger partial charge in [-0.2, -0.15) is 0 Å². The van der Waals surface area contributed by atoms with Crippen LogP contribution >= 0.6 is 0 Å². The molecular formula is C22H26FNO5. The van der Waals surface area contributed by atoms with Gasteiger partial charge in [0.15, 0.2) is 11.5 Å². The first-order valence-corrected chi connectivity index (χ1v) is 10.2. The second kappa shape index (κ2) is 8.14. The van der Waals surface area contributed by atoms with Crippen molar-refractivity contribution in [1.82, 2.24) is 4.90 Å². The monoisotopic (exact) mass is 403 g/mol. The molecule has 2 heterocycles. The molecule has 3 aliphatic rings. The molecule has 1 saturated carbocycles. The average molecular weight is 403 g/mol. The molecule has 1 aliphatic carbocycles. The highest BCUT2D eigenvalue weighted by atomic mass is 19.1. The Hall–Kier alpha value is -2.41. The van der Waals surface area contributed by atoms with Gasteiger partial charge in [-0.3, -0.25) is 9.59 Å². The molecule has 0 radical (unpaired) electrons. The third kappa shape index (κ3) is 3.52. The molecule has 156 valence electrons. The first kappa shape index (κ1) is 19.9. The van der Waals surface area contributed by atoms with E-state index in [0.717, 1.165) is 5.56 Å². The second-order valence-electron chi connectivity index (χ2n) is 7.68. The number of methoxy groups -OCH3 is 1. The fourth-order valence-electron chi connectivity index (χ4n) is 4.57. The summed E-state index contributed by atoms with van der Waals surface area (Å²) in [6, 6.07) is 6.81. The Bertz CT molecular complexity index is 838. The summed E-state index contributed by atoms with van der Waals surface area (Å²) in [6.07, 6.45) is -0.469. The lowest BCUT2D eigenvalue weighted by atomic mass is 9.77. The van der Waals surface area contributed by atoms with E-state index < -0.39 is 24.2 Å². The van der Waals surface area contributed by atoms with Gasteiger partial charge in [-0.05, 0) is 43.9 Å². The smallest absolute Gasteiger partial charge is 0.290 e. The van der Waals surface area contributed by atoms with Crippen LogP contribution in [0.15, 0.2) is 35.6 Å². The molecule has 29 heavy (non-hydrogen) atoms. The fraction of sp³-hybridized carbons (Fsp3) is 0.545. The van der Waals surface area contributed by atoms with Crippen molar-refractivity contribution in [2.24, 2.45) is 5.92 Å². The second-order valence-corrected chi connectivity index (χ2v) is 7.68. The molecule has 4 atom stereocenters. The number of hydrogen-bond acceptors (Lipinski definition) is 5. The number of nitrogens with zero attached hydrogens (tertiary/aromatic N) is 1. The van der Waals surface area contributed by atoms with Crippen LogP contribution < -0.4 is 4.74 Å². The molecule has 1 amide bonds. The van der Waals surface area contributed by atoms with Crippen LogP contribution in [0.5, 0.6) is 5.75 Å². The molecule has 0 aromatic heterocycles. The van der Waals surface area contributed by atoms with Gasteiger partial charge >= 0.3 is 0 Å². The summed E-state index contributed by atoms with van der Waals surface area (Å²) in [5, 5.41) is 0. The van der Waals surface area contributed by atoms with Crippen LogP contribution in [0.25, 0.3) is 0 Å². The van der Waals surface area contributed by atoms with Crippen molar-refractivity contribution in [3.05, 3.63) is 41.2 Å². The number of alkyl halides is 1. The molecule has 0 spiro atoms. The van der Waals surface area contributed by atoms with E-state index in [1.165, 1.54) is 0 Å². The van der Waals surface area contributed by atoms with E-state index in [4.69, 9.17) is 14.2 Å². The van der Waals surface area contributed by atoms with Crippen LogP contribution in [-0.2, 0) is 19.1 Å². The van der Waals surface area contributed by atoms with E-state index in [2.05, 4.69) is 0 Å². The van der Waals surface area contributed by atoms with E-state index in [1.54, 1.807) is 12.0 Å². The van der Waals surface area contributed by atoms with Gasteiger partial charge in [0.1, 0.15) is 18.0 Å². The van der Waals surface area contributed by atoms with Gasteiger partial charge in [-0.15, -0.1) is 0 Å². The SMILES string of the molecule is CCOc1cccc(C2C3=C(OC4CCC(F)CC4C3=O)C(=O)N2CCOC)c1. The third-order valence-electron chi connectivity index (χ3n) is 5.90. The van der Waals surface area contributed by atoms with Crippen molar-refractivity contribution >= 4 is 11.7 Å². The largest absolute Gasteiger partial charge is 0.494 e. The zero-order valence-electron chi connectivity index (χ0n) is 16.7. The fourth-order valence-corrected chi connectivity index (χ4v) is 4.57. The standard InChI is InChI=1S/C22H26FNO5/c1-3-28-15-6-4-5-13(11-15)19-18-20(25)16-12-14(23)7-8-17(16)29-21(18)22(26)24(19)9-10-27-2/h4-6,11,14,16-17,19H,3,7-10,12H2,1-2H3. The number of ether oxygens (including phenoxy) is 3. The summed E-state index contributed by atoms with van der Waals surface area (Å²) in [5.74, 6) is -0.222. The molecule has 2 aliphatic heterocycles. The van der Waals surface area contributed by atoms with E-state index in [0.29, 0.717) is 43.9 Å². The summed E-state index contributed by atoms with van der Waals surface area (Å²) in [7, 11) is 1.57. The summed E-state index contributed by atoms with van der Waals surface area (Å²) < 4.78 is 30.8. The van der Waals surface area contributed by atoms with Gasteiger partial charge in [0, 0.05) is 13.7 Å². The van der Waals surface area contributed by atoms with E-state index in [9.17, 15) is 14.0 Å². The van der Waals surface area contributed by atoms with E-state index in [-0.39, 0.29) is 23.9 Å².